The molecule has 2 unspecified atom stereocenters. The molecular formula is C43H75NO7. The van der Waals surface area contributed by atoms with Crippen molar-refractivity contribution in [3.63, 3.8) is 0 Å². The standard InChI is InChI=1S/C43H75NO7/c1-6-9-10-11-12-13-14-15-16-17-18-19-20-21-22-24-40(45)49-33-39(35-51-42(47)48-26-23-25-44(7-2)8-3)34-50-41(46)32-43-29-36(4)27-38(31-43)28-37(5)30-43/h12-13,15-16,36-39H,6-11,14,17-35H2,1-5H3/b13-12-,16-15-/t36-,37+,38-,39?,43?. The largest absolute Gasteiger partial charge is 0.508 e. The molecule has 0 aromatic carbocycles. The molecule has 0 aromatic rings. The number of allylic oxidation sites excluding steroid dienone is 4. The normalized spacial score (nSPS) is 22.4. The van der Waals surface area contributed by atoms with E-state index in [1.165, 1.54) is 44.9 Å². The summed E-state index contributed by atoms with van der Waals surface area (Å²) >= 11 is 0. The average molecular weight is 718 g/mol. The van der Waals surface area contributed by atoms with Gasteiger partial charge in [-0.3, -0.25) is 9.59 Å². The van der Waals surface area contributed by atoms with Crippen LogP contribution in [0.25, 0.3) is 0 Å². The zero-order valence-electron chi connectivity index (χ0n) is 33.3. The van der Waals surface area contributed by atoms with Crippen molar-refractivity contribution >= 4 is 18.1 Å². The van der Waals surface area contributed by atoms with Crippen molar-refractivity contribution in [2.75, 3.05) is 46.1 Å². The van der Waals surface area contributed by atoms with Gasteiger partial charge in [-0.2, -0.15) is 0 Å². The molecule has 8 nitrogen and oxygen atoms in total. The average Bonchev–Trinajstić information content (AvgIpc) is 3.08. The van der Waals surface area contributed by atoms with Crippen LogP contribution in [0.1, 0.15) is 157 Å². The van der Waals surface area contributed by atoms with E-state index in [-0.39, 0.29) is 43.8 Å². The van der Waals surface area contributed by atoms with Crippen LogP contribution in [0.4, 0.5) is 4.79 Å². The molecule has 0 heterocycles. The second-order valence-electron chi connectivity index (χ2n) is 15.8. The van der Waals surface area contributed by atoms with E-state index in [2.05, 4.69) is 63.8 Å². The lowest BCUT2D eigenvalue weighted by Crippen LogP contribution is -2.41. The smallest absolute Gasteiger partial charge is 0.465 e. The van der Waals surface area contributed by atoms with E-state index >= 15 is 0 Å². The van der Waals surface area contributed by atoms with Crippen molar-refractivity contribution in [3.8, 4) is 0 Å². The van der Waals surface area contributed by atoms with Crippen LogP contribution >= 0.6 is 0 Å². The molecule has 2 bridgehead atoms. The molecule has 2 saturated carbocycles. The molecule has 0 N–H and O–H groups in total. The van der Waals surface area contributed by atoms with Gasteiger partial charge in [0.15, 0.2) is 0 Å². The van der Waals surface area contributed by atoms with Gasteiger partial charge in [0.2, 0.25) is 0 Å². The van der Waals surface area contributed by atoms with Crippen molar-refractivity contribution in [2.45, 2.75) is 157 Å². The van der Waals surface area contributed by atoms with Crippen molar-refractivity contribution < 1.29 is 33.3 Å². The van der Waals surface area contributed by atoms with Gasteiger partial charge in [-0.05, 0) is 113 Å². The van der Waals surface area contributed by atoms with Crippen LogP contribution in [0, 0.1) is 29.1 Å². The van der Waals surface area contributed by atoms with Gasteiger partial charge >= 0.3 is 18.1 Å². The Kier molecular flexibility index (Phi) is 24.0. The predicted molar refractivity (Wildman–Crippen MR) is 206 cm³/mol. The Hall–Kier alpha value is -2.35. The third kappa shape index (κ3) is 21.1. The Morgan fingerprint density at radius 3 is 1.92 bits per heavy atom. The molecule has 51 heavy (non-hydrogen) atoms. The first-order valence-corrected chi connectivity index (χ1v) is 20.8. The van der Waals surface area contributed by atoms with Gasteiger partial charge in [0.1, 0.15) is 19.8 Å². The lowest BCUT2D eigenvalue weighted by atomic mass is 9.56. The third-order valence-electron chi connectivity index (χ3n) is 10.7. The Labute approximate surface area is 311 Å². The van der Waals surface area contributed by atoms with Gasteiger partial charge in [-0.1, -0.05) is 91.0 Å². The molecule has 2 aliphatic carbocycles. The SMILES string of the molecule is CCCCC/C=C\C/C=C\CCCCCCCC(=O)OCC(COC(=O)CC12C[C@H](C)C[C@H](C[C@H](C)C1)C2)COC(=O)OCCCN(CC)CC. The summed E-state index contributed by atoms with van der Waals surface area (Å²) in [5, 5.41) is 0. The first-order chi connectivity index (χ1) is 24.7. The zero-order valence-corrected chi connectivity index (χ0v) is 33.3. The summed E-state index contributed by atoms with van der Waals surface area (Å²) in [6.45, 7) is 14.1. The van der Waals surface area contributed by atoms with E-state index in [4.69, 9.17) is 18.9 Å². The lowest BCUT2D eigenvalue weighted by Gasteiger charge is -2.49. The highest BCUT2D eigenvalue weighted by Gasteiger charge is 2.45. The summed E-state index contributed by atoms with van der Waals surface area (Å²) in [6, 6.07) is 0. The topological polar surface area (TPSA) is 91.4 Å². The minimum atomic E-state index is -0.750. The number of esters is 2. The number of ether oxygens (including phenoxy) is 4. The number of rotatable bonds is 28. The van der Waals surface area contributed by atoms with E-state index < -0.39 is 12.1 Å². The molecule has 0 spiro atoms. The Bertz CT molecular complexity index is 987. The maximum absolute atomic E-state index is 13.2. The fourth-order valence-corrected chi connectivity index (χ4v) is 8.41. The van der Waals surface area contributed by atoms with Crippen molar-refractivity contribution in [1.29, 1.82) is 0 Å². The summed E-state index contributed by atoms with van der Waals surface area (Å²) in [4.78, 5) is 40.4. The number of nitrogens with zero attached hydrogens (tertiary/aromatic N) is 1. The van der Waals surface area contributed by atoms with Gasteiger partial charge in [0.25, 0.3) is 0 Å². The van der Waals surface area contributed by atoms with Gasteiger partial charge in [0, 0.05) is 13.0 Å². The number of unbranched alkanes of at least 4 members (excludes halogenated alkanes) is 8. The van der Waals surface area contributed by atoms with Gasteiger partial charge < -0.3 is 23.8 Å². The van der Waals surface area contributed by atoms with Crippen LogP contribution in [-0.4, -0.2) is 69.1 Å². The maximum atomic E-state index is 13.2. The second-order valence-corrected chi connectivity index (χ2v) is 15.8. The van der Waals surface area contributed by atoms with Crippen LogP contribution in [0.5, 0.6) is 0 Å². The highest BCUT2D eigenvalue weighted by atomic mass is 16.7. The van der Waals surface area contributed by atoms with Gasteiger partial charge in [-0.25, -0.2) is 4.79 Å². The molecule has 0 amide bonds. The third-order valence-corrected chi connectivity index (χ3v) is 10.7. The summed E-state index contributed by atoms with van der Waals surface area (Å²) in [5.41, 5.74) is 0.0199. The molecule has 2 fully saturated rings. The molecular weight excluding hydrogens is 642 g/mol. The maximum Gasteiger partial charge on any atom is 0.508 e. The molecule has 0 aromatic heterocycles. The zero-order chi connectivity index (χ0) is 37.2. The number of hydrogen-bond donors (Lipinski definition) is 0. The molecule has 0 aliphatic heterocycles. The highest BCUT2D eigenvalue weighted by molar-refractivity contribution is 5.70. The van der Waals surface area contributed by atoms with Gasteiger partial charge in [0.05, 0.1) is 18.9 Å². The highest BCUT2D eigenvalue weighted by Crippen LogP contribution is 2.54. The van der Waals surface area contributed by atoms with Crippen LogP contribution in [-0.2, 0) is 28.5 Å². The van der Waals surface area contributed by atoms with E-state index in [9.17, 15) is 14.4 Å². The molecule has 8 heteroatoms. The van der Waals surface area contributed by atoms with Crippen LogP contribution in [0.3, 0.4) is 0 Å². The van der Waals surface area contributed by atoms with Crippen molar-refractivity contribution in [3.05, 3.63) is 24.3 Å². The monoisotopic (exact) mass is 718 g/mol. The van der Waals surface area contributed by atoms with E-state index in [1.54, 1.807) is 0 Å². The number of fused-ring (bicyclic) bond motifs is 2. The summed E-state index contributed by atoms with van der Waals surface area (Å²) in [5.74, 6) is 1.02. The predicted octanol–water partition coefficient (Wildman–Crippen LogP) is 10.6. The van der Waals surface area contributed by atoms with Crippen LogP contribution in [0.15, 0.2) is 24.3 Å². The minimum Gasteiger partial charge on any atom is -0.465 e. The number of carbonyl (C=O) groups is 3. The van der Waals surface area contributed by atoms with Crippen molar-refractivity contribution in [2.24, 2.45) is 29.1 Å². The van der Waals surface area contributed by atoms with Crippen molar-refractivity contribution in [1.82, 2.24) is 4.90 Å². The number of hydrogen-bond acceptors (Lipinski definition) is 8. The van der Waals surface area contributed by atoms with E-state index in [0.29, 0.717) is 30.6 Å². The Morgan fingerprint density at radius 2 is 1.27 bits per heavy atom. The summed E-state index contributed by atoms with van der Waals surface area (Å²) in [6.07, 6.45) is 28.0. The molecule has 5 atom stereocenters. The molecule has 294 valence electrons. The fraction of sp³-hybridized carbons (Fsp3) is 0.837. The van der Waals surface area contributed by atoms with E-state index in [1.807, 2.05) is 0 Å². The quantitative estimate of drug-likeness (QED) is 0.0342. The summed E-state index contributed by atoms with van der Waals surface area (Å²) in [7, 11) is 0. The molecule has 2 aliphatic rings. The van der Waals surface area contributed by atoms with Gasteiger partial charge in [-0.15, -0.1) is 0 Å². The van der Waals surface area contributed by atoms with Crippen LogP contribution in [0.2, 0.25) is 0 Å². The molecule has 0 saturated heterocycles. The molecule has 2 rings (SSSR count). The first-order valence-electron chi connectivity index (χ1n) is 20.8. The second kappa shape index (κ2) is 27.3. The minimum absolute atomic E-state index is 0.0199. The van der Waals surface area contributed by atoms with E-state index in [0.717, 1.165) is 83.8 Å². The molecule has 0 radical (unpaired) electrons. The number of carbonyl (C=O) groups excluding carboxylic acids is 3. The Morgan fingerprint density at radius 1 is 0.686 bits per heavy atom. The van der Waals surface area contributed by atoms with Crippen LogP contribution < -0.4 is 0 Å². The Balaban J connectivity index is 1.71. The first kappa shape index (κ1) is 44.8. The summed E-state index contributed by atoms with van der Waals surface area (Å²) < 4.78 is 22.1. The lowest BCUT2D eigenvalue weighted by molar-refractivity contribution is -0.153. The fourth-order valence-electron chi connectivity index (χ4n) is 8.41.